The van der Waals surface area contributed by atoms with E-state index in [1.54, 1.807) is 13.2 Å². The van der Waals surface area contributed by atoms with Gasteiger partial charge in [-0.2, -0.15) is 0 Å². The lowest BCUT2D eigenvalue weighted by Gasteiger charge is -2.30. The monoisotopic (exact) mass is 496 g/mol. The van der Waals surface area contributed by atoms with Crippen molar-refractivity contribution < 1.29 is 18.7 Å². The molecular weight excluding hydrogens is 463 g/mol. The van der Waals surface area contributed by atoms with Crippen molar-refractivity contribution in [2.75, 3.05) is 24.4 Å². The summed E-state index contributed by atoms with van der Waals surface area (Å²) in [5.74, 6) is -0.765. The number of fused-ring (bicyclic) bond motifs is 1. The Morgan fingerprint density at radius 1 is 1.17 bits per heavy atom. The lowest BCUT2D eigenvalue weighted by molar-refractivity contribution is 0.0948. The van der Waals surface area contributed by atoms with Crippen LogP contribution < -0.4 is 26.8 Å². The third-order valence-electron chi connectivity index (χ3n) is 6.49. The predicted molar refractivity (Wildman–Crippen MR) is 138 cm³/mol. The molecule has 1 saturated carbocycles. The number of anilines is 3. The molecule has 1 fully saturated rings. The number of nitrogens with one attached hydrogen (secondary N) is 2. The van der Waals surface area contributed by atoms with Crippen molar-refractivity contribution >= 4 is 34.1 Å². The minimum Gasteiger partial charge on any atom is -0.478 e. The minimum atomic E-state index is -0.787. The highest BCUT2D eigenvalue weighted by molar-refractivity contribution is 5.99. The number of primary amides is 1. The minimum absolute atomic E-state index is 0.0322. The van der Waals surface area contributed by atoms with E-state index in [0.29, 0.717) is 23.7 Å². The molecule has 4 rings (SSSR count). The molecule has 1 amide bonds. The normalized spacial score (nSPS) is 18.6. The number of aromatic nitrogens is 2. The summed E-state index contributed by atoms with van der Waals surface area (Å²) in [5, 5.41) is 7.13. The first-order chi connectivity index (χ1) is 17.3. The molecule has 0 spiro atoms. The Morgan fingerprint density at radius 2 is 1.94 bits per heavy atom. The summed E-state index contributed by atoms with van der Waals surface area (Å²) in [5.41, 5.74) is 13.0. The van der Waals surface area contributed by atoms with Crippen LogP contribution in [-0.4, -0.2) is 47.8 Å². The van der Waals surface area contributed by atoms with Gasteiger partial charge in [0.1, 0.15) is 5.82 Å². The van der Waals surface area contributed by atoms with Crippen LogP contribution in [-0.2, 0) is 4.74 Å². The van der Waals surface area contributed by atoms with Crippen LogP contribution >= 0.6 is 0 Å². The number of benzene rings is 1. The van der Waals surface area contributed by atoms with E-state index in [4.69, 9.17) is 20.9 Å². The van der Waals surface area contributed by atoms with Crippen LogP contribution in [0.4, 0.5) is 21.7 Å². The standard InChI is InChI=1S/C26H33FN6O3/c1-15(35-2)11-12-36-23-10-8-16-7-9-17(13-22(16)31-23)30-25-18(24(29)34)14-19(27)26(33-25)32-21-6-4-3-5-20(21)28/h7-10,13-15,20-21H,3-6,11-12,28H2,1-2H3,(H2,29,34)(H2,30,32,33)/t15?,20-,21+/m0/s1. The predicted octanol–water partition coefficient (Wildman–Crippen LogP) is 4.10. The molecule has 1 aliphatic carbocycles. The summed E-state index contributed by atoms with van der Waals surface area (Å²) in [4.78, 5) is 21.0. The van der Waals surface area contributed by atoms with E-state index in [0.717, 1.165) is 43.6 Å². The van der Waals surface area contributed by atoms with Crippen LogP contribution in [0.5, 0.6) is 5.88 Å². The third-order valence-corrected chi connectivity index (χ3v) is 6.49. The summed E-state index contributed by atoms with van der Waals surface area (Å²) in [6.07, 6.45) is 4.60. The van der Waals surface area contributed by atoms with Crippen molar-refractivity contribution in [2.45, 2.75) is 57.2 Å². The molecule has 1 unspecified atom stereocenters. The maximum Gasteiger partial charge on any atom is 0.252 e. The SMILES string of the molecule is COC(C)CCOc1ccc2ccc(Nc3nc(N[C@@H]4CCCC[C@@H]4N)c(F)cc3C(N)=O)cc2n1. The van der Waals surface area contributed by atoms with Gasteiger partial charge in [-0.15, -0.1) is 0 Å². The first kappa shape index (κ1) is 25.6. The number of hydrogen-bond donors (Lipinski definition) is 4. The Bertz CT molecular complexity index is 1220. The van der Waals surface area contributed by atoms with Gasteiger partial charge in [-0.05, 0) is 44.0 Å². The van der Waals surface area contributed by atoms with E-state index in [1.165, 1.54) is 0 Å². The fraction of sp³-hybridized carbons (Fsp3) is 0.423. The molecule has 192 valence electrons. The molecule has 1 aliphatic rings. The number of nitrogens with two attached hydrogens (primary N) is 2. The molecule has 3 aromatic rings. The smallest absolute Gasteiger partial charge is 0.252 e. The number of halogens is 1. The van der Waals surface area contributed by atoms with Gasteiger partial charge in [-0.1, -0.05) is 18.9 Å². The molecule has 6 N–H and O–H groups in total. The molecule has 2 aromatic heterocycles. The average Bonchev–Trinajstić information content (AvgIpc) is 2.86. The second-order valence-electron chi connectivity index (χ2n) is 9.14. The van der Waals surface area contributed by atoms with Gasteiger partial charge in [0, 0.05) is 42.8 Å². The van der Waals surface area contributed by atoms with E-state index in [-0.39, 0.29) is 35.4 Å². The highest BCUT2D eigenvalue weighted by Gasteiger charge is 2.24. The number of methoxy groups -OCH3 is 1. The zero-order chi connectivity index (χ0) is 25.7. The topological polar surface area (TPSA) is 137 Å². The number of nitrogens with zero attached hydrogens (tertiary/aromatic N) is 2. The maximum absolute atomic E-state index is 14.8. The summed E-state index contributed by atoms with van der Waals surface area (Å²) in [6, 6.07) is 10.2. The molecular formula is C26H33FN6O3. The lowest BCUT2D eigenvalue weighted by Crippen LogP contribution is -2.43. The Hall–Kier alpha value is -3.50. The van der Waals surface area contributed by atoms with Crippen molar-refractivity contribution in [3.05, 3.63) is 47.8 Å². The van der Waals surface area contributed by atoms with E-state index >= 15 is 0 Å². The number of amides is 1. The number of hydrogen-bond acceptors (Lipinski definition) is 8. The zero-order valence-corrected chi connectivity index (χ0v) is 20.6. The number of carbonyl (C=O) groups is 1. The number of carbonyl (C=O) groups excluding carboxylic acids is 1. The fourth-order valence-electron chi connectivity index (χ4n) is 4.23. The number of pyridine rings is 2. The van der Waals surface area contributed by atoms with E-state index in [9.17, 15) is 9.18 Å². The molecule has 9 nitrogen and oxygen atoms in total. The Balaban J connectivity index is 1.57. The quantitative estimate of drug-likeness (QED) is 0.329. The van der Waals surface area contributed by atoms with Crippen molar-refractivity contribution in [1.82, 2.24) is 9.97 Å². The summed E-state index contributed by atoms with van der Waals surface area (Å²) >= 11 is 0. The van der Waals surface area contributed by atoms with Gasteiger partial charge >= 0.3 is 0 Å². The van der Waals surface area contributed by atoms with Gasteiger partial charge < -0.3 is 31.6 Å². The Labute approximate surface area is 209 Å². The van der Waals surface area contributed by atoms with Crippen LogP contribution in [0.25, 0.3) is 10.9 Å². The van der Waals surface area contributed by atoms with Crippen molar-refractivity contribution in [1.29, 1.82) is 0 Å². The first-order valence-electron chi connectivity index (χ1n) is 12.2. The van der Waals surface area contributed by atoms with Crippen molar-refractivity contribution in [3.63, 3.8) is 0 Å². The van der Waals surface area contributed by atoms with E-state index < -0.39 is 11.7 Å². The van der Waals surface area contributed by atoms with Crippen LogP contribution in [0.3, 0.4) is 0 Å². The molecule has 0 bridgehead atoms. The van der Waals surface area contributed by atoms with Gasteiger partial charge in [0.15, 0.2) is 11.6 Å². The molecule has 36 heavy (non-hydrogen) atoms. The molecule has 0 aliphatic heterocycles. The largest absolute Gasteiger partial charge is 0.478 e. The van der Waals surface area contributed by atoms with Crippen LogP contribution in [0.2, 0.25) is 0 Å². The second kappa shape index (κ2) is 11.5. The average molecular weight is 497 g/mol. The molecule has 0 radical (unpaired) electrons. The third kappa shape index (κ3) is 6.19. The number of ether oxygens (including phenoxy) is 2. The molecule has 2 heterocycles. The summed E-state index contributed by atoms with van der Waals surface area (Å²) in [6.45, 7) is 2.46. The zero-order valence-electron chi connectivity index (χ0n) is 20.6. The number of rotatable bonds is 10. The first-order valence-corrected chi connectivity index (χ1v) is 12.2. The van der Waals surface area contributed by atoms with E-state index in [2.05, 4.69) is 20.6 Å². The summed E-state index contributed by atoms with van der Waals surface area (Å²) < 4.78 is 25.8. The Morgan fingerprint density at radius 3 is 2.69 bits per heavy atom. The van der Waals surface area contributed by atoms with E-state index in [1.807, 2.05) is 31.2 Å². The van der Waals surface area contributed by atoms with Crippen molar-refractivity contribution in [2.24, 2.45) is 11.5 Å². The molecule has 10 heteroatoms. The fourth-order valence-corrected chi connectivity index (χ4v) is 4.23. The van der Waals surface area contributed by atoms with Crippen LogP contribution in [0, 0.1) is 5.82 Å². The highest BCUT2D eigenvalue weighted by atomic mass is 19.1. The van der Waals surface area contributed by atoms with Crippen LogP contribution in [0.1, 0.15) is 49.4 Å². The lowest BCUT2D eigenvalue weighted by atomic mass is 9.91. The maximum atomic E-state index is 14.8. The van der Waals surface area contributed by atoms with Crippen molar-refractivity contribution in [3.8, 4) is 5.88 Å². The van der Waals surface area contributed by atoms with Gasteiger partial charge in [0.05, 0.1) is 23.8 Å². The van der Waals surface area contributed by atoms with Gasteiger partial charge in [0.2, 0.25) is 5.88 Å². The Kier molecular flexibility index (Phi) is 8.17. The second-order valence-corrected chi connectivity index (χ2v) is 9.14. The van der Waals surface area contributed by atoms with Gasteiger partial charge in [-0.25, -0.2) is 14.4 Å². The molecule has 3 atom stereocenters. The summed E-state index contributed by atoms with van der Waals surface area (Å²) in [7, 11) is 1.66. The molecule has 0 saturated heterocycles. The van der Waals surface area contributed by atoms with Crippen LogP contribution in [0.15, 0.2) is 36.4 Å². The molecule has 1 aromatic carbocycles. The van der Waals surface area contributed by atoms with Gasteiger partial charge in [0.25, 0.3) is 5.91 Å². The van der Waals surface area contributed by atoms with Gasteiger partial charge in [-0.3, -0.25) is 4.79 Å². The highest BCUT2D eigenvalue weighted by Crippen LogP contribution is 2.28.